The molecular weight excluding hydrogens is 310 g/mol. The van der Waals surface area contributed by atoms with Gasteiger partial charge in [0.25, 0.3) is 5.91 Å². The maximum absolute atomic E-state index is 12.7. The van der Waals surface area contributed by atoms with Gasteiger partial charge in [-0.2, -0.15) is 0 Å². The number of carbonyl (C=O) groups excluding carboxylic acids is 1. The van der Waals surface area contributed by atoms with E-state index in [0.29, 0.717) is 25.1 Å². The zero-order chi connectivity index (χ0) is 17.1. The van der Waals surface area contributed by atoms with Gasteiger partial charge in [0, 0.05) is 13.2 Å². The molecule has 2 heterocycles. The molecule has 0 saturated carbocycles. The van der Waals surface area contributed by atoms with Crippen LogP contribution in [-0.2, 0) is 25.5 Å². The van der Waals surface area contributed by atoms with Gasteiger partial charge in [-0.05, 0) is 37.3 Å². The van der Waals surface area contributed by atoms with E-state index < -0.39 is 18.1 Å². The summed E-state index contributed by atoms with van der Waals surface area (Å²) in [6.07, 6.45) is 1.97. The van der Waals surface area contributed by atoms with Crippen LogP contribution in [-0.4, -0.2) is 53.8 Å². The summed E-state index contributed by atoms with van der Waals surface area (Å²) in [5, 5.41) is 9.63. The van der Waals surface area contributed by atoms with Gasteiger partial charge in [0.2, 0.25) is 0 Å². The van der Waals surface area contributed by atoms with Crippen molar-refractivity contribution in [2.24, 2.45) is 0 Å². The standard InChI is InChI=1S/C18H23NO5/c1-12(24-11-14-6-4-10-23-14)17(20)19-9-8-13-5-2-3-7-15(13)16(19)18(21)22/h2-3,5,7,12,14,16H,4,6,8-11H2,1H3,(H,21,22)/t12-,14+,16-/m0/s1. The molecular formula is C18H23NO5. The maximum atomic E-state index is 12.7. The summed E-state index contributed by atoms with van der Waals surface area (Å²) in [7, 11) is 0. The number of carboxylic acid groups (broad SMARTS) is 1. The second-order valence-electron chi connectivity index (χ2n) is 6.33. The highest BCUT2D eigenvalue weighted by Crippen LogP contribution is 2.30. The summed E-state index contributed by atoms with van der Waals surface area (Å²) in [4.78, 5) is 25.9. The van der Waals surface area contributed by atoms with E-state index in [1.165, 1.54) is 4.90 Å². The Morgan fingerprint density at radius 2 is 2.21 bits per heavy atom. The first-order chi connectivity index (χ1) is 11.6. The predicted octanol–water partition coefficient (Wildman–Crippen LogP) is 1.78. The van der Waals surface area contributed by atoms with Crippen molar-refractivity contribution in [3.8, 4) is 0 Å². The Balaban J connectivity index is 1.70. The Hall–Kier alpha value is -1.92. The zero-order valence-electron chi connectivity index (χ0n) is 13.8. The Bertz CT molecular complexity index is 611. The topological polar surface area (TPSA) is 76.1 Å². The molecule has 0 radical (unpaired) electrons. The molecule has 1 amide bonds. The molecule has 3 atom stereocenters. The quantitative estimate of drug-likeness (QED) is 0.889. The first-order valence-electron chi connectivity index (χ1n) is 8.42. The maximum Gasteiger partial charge on any atom is 0.331 e. The normalized spacial score (nSPS) is 24.5. The molecule has 6 nitrogen and oxygen atoms in total. The number of carbonyl (C=O) groups is 2. The summed E-state index contributed by atoms with van der Waals surface area (Å²) in [5.74, 6) is -1.29. The molecule has 1 aromatic carbocycles. The number of amides is 1. The Morgan fingerprint density at radius 3 is 2.92 bits per heavy atom. The van der Waals surface area contributed by atoms with Crippen molar-refractivity contribution >= 4 is 11.9 Å². The fourth-order valence-electron chi connectivity index (χ4n) is 3.40. The van der Waals surface area contributed by atoms with Crippen LogP contribution in [0.4, 0.5) is 0 Å². The van der Waals surface area contributed by atoms with Crippen molar-refractivity contribution in [3.05, 3.63) is 35.4 Å². The number of carboxylic acids is 1. The summed E-state index contributed by atoms with van der Waals surface area (Å²) in [5.41, 5.74) is 1.68. The van der Waals surface area contributed by atoms with Crippen LogP contribution < -0.4 is 0 Å². The molecule has 3 rings (SSSR count). The third-order valence-corrected chi connectivity index (χ3v) is 4.70. The average molecular weight is 333 g/mol. The number of hydrogen-bond donors (Lipinski definition) is 1. The van der Waals surface area contributed by atoms with Gasteiger partial charge in [-0.3, -0.25) is 4.79 Å². The Kier molecular flexibility index (Phi) is 5.16. The van der Waals surface area contributed by atoms with E-state index in [4.69, 9.17) is 9.47 Å². The fourth-order valence-corrected chi connectivity index (χ4v) is 3.40. The highest BCUT2D eigenvalue weighted by Gasteiger charge is 2.37. The van der Waals surface area contributed by atoms with Crippen LogP contribution in [0.15, 0.2) is 24.3 Å². The first-order valence-corrected chi connectivity index (χ1v) is 8.42. The second-order valence-corrected chi connectivity index (χ2v) is 6.33. The van der Waals surface area contributed by atoms with E-state index >= 15 is 0 Å². The van der Waals surface area contributed by atoms with Crippen molar-refractivity contribution in [2.75, 3.05) is 19.8 Å². The predicted molar refractivity (Wildman–Crippen MR) is 86.6 cm³/mol. The molecule has 0 bridgehead atoms. The van der Waals surface area contributed by atoms with Crippen LogP contribution in [0.1, 0.15) is 36.9 Å². The number of nitrogens with zero attached hydrogens (tertiary/aromatic N) is 1. The van der Waals surface area contributed by atoms with Gasteiger partial charge in [-0.25, -0.2) is 4.79 Å². The number of aliphatic carboxylic acids is 1. The third-order valence-electron chi connectivity index (χ3n) is 4.70. The van der Waals surface area contributed by atoms with Gasteiger partial charge >= 0.3 is 5.97 Å². The minimum absolute atomic E-state index is 0.0394. The molecule has 1 aromatic rings. The number of fused-ring (bicyclic) bond motifs is 1. The SMILES string of the molecule is C[C@H](OC[C@H]1CCCO1)C(=O)N1CCc2ccccc2[C@H]1C(=O)O. The molecule has 1 fully saturated rings. The molecule has 0 aromatic heterocycles. The van der Waals surface area contributed by atoms with Gasteiger partial charge in [0.05, 0.1) is 12.7 Å². The summed E-state index contributed by atoms with van der Waals surface area (Å²) >= 11 is 0. The molecule has 24 heavy (non-hydrogen) atoms. The molecule has 1 N–H and O–H groups in total. The van der Waals surface area contributed by atoms with Gasteiger partial charge in [0.1, 0.15) is 6.10 Å². The molecule has 2 aliphatic rings. The number of rotatable bonds is 5. The number of benzene rings is 1. The van der Waals surface area contributed by atoms with Crippen LogP contribution >= 0.6 is 0 Å². The van der Waals surface area contributed by atoms with Crippen LogP contribution in [0.3, 0.4) is 0 Å². The molecule has 0 spiro atoms. The van der Waals surface area contributed by atoms with Crippen molar-refractivity contribution in [3.63, 3.8) is 0 Å². The van der Waals surface area contributed by atoms with E-state index in [9.17, 15) is 14.7 Å². The van der Waals surface area contributed by atoms with E-state index in [1.807, 2.05) is 12.1 Å². The van der Waals surface area contributed by atoms with E-state index in [0.717, 1.165) is 25.0 Å². The van der Waals surface area contributed by atoms with Crippen molar-refractivity contribution in [1.29, 1.82) is 0 Å². The third kappa shape index (κ3) is 3.44. The largest absolute Gasteiger partial charge is 0.479 e. The molecule has 0 aliphatic carbocycles. The summed E-state index contributed by atoms with van der Waals surface area (Å²) in [6, 6.07) is 6.45. The first kappa shape index (κ1) is 16.9. The van der Waals surface area contributed by atoms with E-state index in [-0.39, 0.29) is 12.0 Å². The molecule has 1 saturated heterocycles. The molecule has 6 heteroatoms. The van der Waals surface area contributed by atoms with E-state index in [2.05, 4.69) is 0 Å². The number of hydrogen-bond acceptors (Lipinski definition) is 4. The van der Waals surface area contributed by atoms with Crippen LogP contribution in [0, 0.1) is 0 Å². The monoisotopic (exact) mass is 333 g/mol. The van der Waals surface area contributed by atoms with Crippen LogP contribution in [0.5, 0.6) is 0 Å². The lowest BCUT2D eigenvalue weighted by atomic mass is 9.92. The molecule has 0 unspecified atom stereocenters. The summed E-state index contributed by atoms with van der Waals surface area (Å²) in [6.45, 7) is 3.17. The minimum atomic E-state index is -1.01. The smallest absolute Gasteiger partial charge is 0.331 e. The average Bonchev–Trinajstić information content (AvgIpc) is 3.11. The molecule has 130 valence electrons. The molecule has 2 aliphatic heterocycles. The Labute approximate surface area is 141 Å². The van der Waals surface area contributed by atoms with Crippen molar-refractivity contribution in [1.82, 2.24) is 4.90 Å². The minimum Gasteiger partial charge on any atom is -0.479 e. The lowest BCUT2D eigenvalue weighted by Crippen LogP contribution is -2.48. The fraction of sp³-hybridized carbons (Fsp3) is 0.556. The highest BCUT2D eigenvalue weighted by molar-refractivity contribution is 5.87. The van der Waals surface area contributed by atoms with Gasteiger partial charge in [0.15, 0.2) is 6.04 Å². The Morgan fingerprint density at radius 1 is 1.42 bits per heavy atom. The van der Waals surface area contributed by atoms with Crippen molar-refractivity contribution < 1.29 is 24.2 Å². The number of ether oxygens (including phenoxy) is 2. The zero-order valence-corrected chi connectivity index (χ0v) is 13.8. The van der Waals surface area contributed by atoms with Gasteiger partial charge < -0.3 is 19.5 Å². The summed E-state index contributed by atoms with van der Waals surface area (Å²) < 4.78 is 11.1. The highest BCUT2D eigenvalue weighted by atomic mass is 16.5. The van der Waals surface area contributed by atoms with Gasteiger partial charge in [-0.1, -0.05) is 24.3 Å². The van der Waals surface area contributed by atoms with Gasteiger partial charge in [-0.15, -0.1) is 0 Å². The van der Waals surface area contributed by atoms with E-state index in [1.54, 1.807) is 19.1 Å². The van der Waals surface area contributed by atoms with Crippen LogP contribution in [0.25, 0.3) is 0 Å². The lowest BCUT2D eigenvalue weighted by molar-refractivity contribution is -0.157. The van der Waals surface area contributed by atoms with Crippen molar-refractivity contribution in [2.45, 2.75) is 44.4 Å². The second kappa shape index (κ2) is 7.32. The van der Waals surface area contributed by atoms with Crippen LogP contribution in [0.2, 0.25) is 0 Å². The lowest BCUT2D eigenvalue weighted by Gasteiger charge is -2.36.